The molecule has 1 nitrogen and oxygen atoms in total. The van der Waals surface area contributed by atoms with Gasteiger partial charge in [-0.05, 0) is 87.1 Å². The Morgan fingerprint density at radius 2 is 1.42 bits per heavy atom. The third kappa shape index (κ3) is 4.14. The summed E-state index contributed by atoms with van der Waals surface area (Å²) in [5, 5.41) is 2.84. The van der Waals surface area contributed by atoms with E-state index in [4.69, 9.17) is 0 Å². The lowest BCUT2D eigenvalue weighted by molar-refractivity contribution is -0.132. The highest BCUT2D eigenvalue weighted by atomic mass is 15.2. The van der Waals surface area contributed by atoms with Crippen LogP contribution in [0.4, 0.5) is 0 Å². The minimum absolute atomic E-state index is 0.577. The molecule has 174 valence electrons. The zero-order valence-electron chi connectivity index (χ0n) is 21.4. The lowest BCUT2D eigenvalue weighted by Crippen LogP contribution is -2.63. The summed E-state index contributed by atoms with van der Waals surface area (Å²) in [7, 11) is 0. The predicted molar refractivity (Wildman–Crippen MR) is 143 cm³/mol. The first kappa shape index (κ1) is 22.7. The molecular weight excluding hydrogens is 398 g/mol. The number of likely N-dealkylation sites (tertiary alicyclic amines) is 1. The molecule has 1 spiro atoms. The molecule has 0 N–H and O–H groups in total. The highest BCUT2D eigenvalue weighted by Crippen LogP contribution is 2.58. The molecule has 2 aliphatic rings. The quantitative estimate of drug-likeness (QED) is 0.358. The lowest BCUT2D eigenvalue weighted by Gasteiger charge is -2.63. The lowest BCUT2D eigenvalue weighted by atomic mass is 9.51. The molecule has 0 aromatic heterocycles. The van der Waals surface area contributed by atoms with Crippen molar-refractivity contribution in [2.45, 2.75) is 79.7 Å². The van der Waals surface area contributed by atoms with Crippen molar-refractivity contribution < 1.29 is 0 Å². The van der Waals surface area contributed by atoms with Gasteiger partial charge in [0.05, 0.1) is 0 Å². The Hall–Kier alpha value is -2.12. The molecule has 1 aliphatic heterocycles. The summed E-state index contributed by atoms with van der Waals surface area (Å²) < 4.78 is 0. The summed E-state index contributed by atoms with van der Waals surface area (Å²) in [6, 6.07) is 18.9. The normalized spacial score (nSPS) is 18.9. The van der Waals surface area contributed by atoms with Crippen molar-refractivity contribution in [2.24, 2.45) is 10.8 Å². The third-order valence-electron chi connectivity index (χ3n) is 8.16. The summed E-state index contributed by atoms with van der Waals surface area (Å²) in [6.45, 7) is 15.5. The third-order valence-corrected chi connectivity index (χ3v) is 8.16. The van der Waals surface area contributed by atoms with E-state index < -0.39 is 0 Å². The number of aryl methyl sites for hydroxylation is 3. The van der Waals surface area contributed by atoms with Crippen LogP contribution in [0.2, 0.25) is 0 Å². The Morgan fingerprint density at radius 3 is 2.03 bits per heavy atom. The van der Waals surface area contributed by atoms with Crippen molar-refractivity contribution in [1.29, 1.82) is 0 Å². The van der Waals surface area contributed by atoms with E-state index in [0.29, 0.717) is 10.8 Å². The van der Waals surface area contributed by atoms with Crippen LogP contribution in [-0.2, 0) is 25.8 Å². The summed E-state index contributed by atoms with van der Waals surface area (Å²) >= 11 is 0. The molecule has 1 aliphatic carbocycles. The van der Waals surface area contributed by atoms with E-state index in [1.165, 1.54) is 76.5 Å². The second-order valence-electron chi connectivity index (χ2n) is 11.7. The van der Waals surface area contributed by atoms with Gasteiger partial charge in [-0.2, -0.15) is 0 Å². The second-order valence-corrected chi connectivity index (χ2v) is 11.7. The summed E-state index contributed by atoms with van der Waals surface area (Å²) in [4.78, 5) is 2.68. The van der Waals surface area contributed by atoms with Crippen molar-refractivity contribution >= 4 is 10.8 Å². The molecule has 0 atom stereocenters. The van der Waals surface area contributed by atoms with Crippen molar-refractivity contribution in [3.8, 4) is 11.1 Å². The van der Waals surface area contributed by atoms with Gasteiger partial charge in [0.2, 0.25) is 0 Å². The van der Waals surface area contributed by atoms with Crippen LogP contribution in [0.25, 0.3) is 21.9 Å². The first-order valence-electron chi connectivity index (χ1n) is 13.2. The van der Waals surface area contributed by atoms with E-state index in [2.05, 4.69) is 88.0 Å². The highest BCUT2D eigenvalue weighted by Gasteiger charge is 2.55. The standard InChI is InChI=1S/C32H41N/c1-6-11-26-12-9-14-28-27(26)13-10-15-29(28)30-24(7-2)16-23(17-25(30)8-3)18-33-21-32(22-33)19-31(4,5)20-32/h9-10,12-17H,6-8,11,18-22H2,1-5H3. The van der Waals surface area contributed by atoms with Crippen LogP contribution in [0.5, 0.6) is 0 Å². The van der Waals surface area contributed by atoms with Gasteiger partial charge in [-0.25, -0.2) is 0 Å². The SMILES string of the molecule is CCCc1cccc2c(-c3c(CC)cc(CN4CC5(C4)CC(C)(C)C5)cc3CC)cccc12. The molecule has 0 bridgehead atoms. The monoisotopic (exact) mass is 439 g/mol. The fraction of sp³-hybridized carbons (Fsp3) is 0.500. The molecule has 1 heteroatoms. The smallest absolute Gasteiger partial charge is 0.0234 e. The summed E-state index contributed by atoms with van der Waals surface area (Å²) in [6.07, 6.45) is 7.33. The average Bonchev–Trinajstić information content (AvgIpc) is 2.76. The van der Waals surface area contributed by atoms with Crippen LogP contribution >= 0.6 is 0 Å². The van der Waals surface area contributed by atoms with Crippen LogP contribution in [-0.4, -0.2) is 18.0 Å². The highest BCUT2D eigenvalue weighted by molar-refractivity contribution is 5.99. The zero-order chi connectivity index (χ0) is 23.2. The maximum absolute atomic E-state index is 2.68. The van der Waals surface area contributed by atoms with Gasteiger partial charge in [0.15, 0.2) is 0 Å². The minimum Gasteiger partial charge on any atom is -0.298 e. The number of nitrogens with zero attached hydrogens (tertiary/aromatic N) is 1. The molecule has 33 heavy (non-hydrogen) atoms. The Labute approximate surface area is 201 Å². The number of fused-ring (bicyclic) bond motifs is 1. The molecule has 3 aromatic rings. The number of benzene rings is 3. The number of hydrogen-bond donors (Lipinski definition) is 0. The minimum atomic E-state index is 0.577. The Kier molecular flexibility index (Phi) is 5.90. The van der Waals surface area contributed by atoms with Crippen LogP contribution in [0, 0.1) is 10.8 Å². The van der Waals surface area contributed by atoms with Crippen LogP contribution in [0.3, 0.4) is 0 Å². The zero-order valence-corrected chi connectivity index (χ0v) is 21.4. The molecular formula is C32H41N. The molecule has 1 heterocycles. The number of rotatable bonds is 7. The van der Waals surface area contributed by atoms with Gasteiger partial charge in [0.25, 0.3) is 0 Å². The van der Waals surface area contributed by atoms with Crippen molar-refractivity contribution in [3.05, 3.63) is 70.8 Å². The topological polar surface area (TPSA) is 3.24 Å². The largest absolute Gasteiger partial charge is 0.298 e. The van der Waals surface area contributed by atoms with Crippen molar-refractivity contribution in [2.75, 3.05) is 13.1 Å². The second kappa shape index (κ2) is 8.58. The fourth-order valence-electron chi connectivity index (χ4n) is 7.39. The average molecular weight is 440 g/mol. The molecule has 1 saturated heterocycles. The van der Waals surface area contributed by atoms with E-state index in [-0.39, 0.29) is 0 Å². The Bertz CT molecular complexity index is 1130. The van der Waals surface area contributed by atoms with Gasteiger partial charge in [-0.3, -0.25) is 4.90 Å². The predicted octanol–water partition coefficient (Wildman–Crippen LogP) is 8.21. The Balaban J connectivity index is 1.47. The van der Waals surface area contributed by atoms with Crippen LogP contribution in [0.1, 0.15) is 76.1 Å². The summed E-state index contributed by atoms with van der Waals surface area (Å²) in [5.74, 6) is 0. The molecule has 0 radical (unpaired) electrons. The number of hydrogen-bond acceptors (Lipinski definition) is 1. The first-order chi connectivity index (χ1) is 15.9. The van der Waals surface area contributed by atoms with Gasteiger partial charge < -0.3 is 0 Å². The molecule has 5 rings (SSSR count). The Morgan fingerprint density at radius 1 is 0.788 bits per heavy atom. The van der Waals surface area contributed by atoms with Gasteiger partial charge in [-0.15, -0.1) is 0 Å². The maximum atomic E-state index is 2.68. The van der Waals surface area contributed by atoms with E-state index in [9.17, 15) is 0 Å². The van der Waals surface area contributed by atoms with Gasteiger partial charge in [0.1, 0.15) is 0 Å². The van der Waals surface area contributed by atoms with E-state index in [0.717, 1.165) is 25.8 Å². The van der Waals surface area contributed by atoms with Gasteiger partial charge in [0, 0.05) is 19.6 Å². The van der Waals surface area contributed by atoms with E-state index in [1.807, 2.05) is 0 Å². The molecule has 0 amide bonds. The molecule has 1 saturated carbocycles. The molecule has 2 fully saturated rings. The fourth-order valence-corrected chi connectivity index (χ4v) is 7.39. The van der Waals surface area contributed by atoms with Gasteiger partial charge in [-0.1, -0.05) is 89.6 Å². The van der Waals surface area contributed by atoms with Crippen molar-refractivity contribution in [1.82, 2.24) is 4.90 Å². The van der Waals surface area contributed by atoms with Crippen LogP contribution in [0.15, 0.2) is 48.5 Å². The van der Waals surface area contributed by atoms with Crippen LogP contribution < -0.4 is 0 Å². The first-order valence-corrected chi connectivity index (χ1v) is 13.2. The van der Waals surface area contributed by atoms with E-state index in [1.54, 1.807) is 0 Å². The summed E-state index contributed by atoms with van der Waals surface area (Å²) in [5.41, 5.74) is 10.1. The van der Waals surface area contributed by atoms with Gasteiger partial charge >= 0.3 is 0 Å². The molecule has 3 aromatic carbocycles. The van der Waals surface area contributed by atoms with Crippen molar-refractivity contribution in [3.63, 3.8) is 0 Å². The maximum Gasteiger partial charge on any atom is 0.0234 e. The van der Waals surface area contributed by atoms with E-state index >= 15 is 0 Å². The molecule has 0 unspecified atom stereocenters.